The molecular formula is C21H22N2O5S. The lowest BCUT2D eigenvalue weighted by molar-refractivity contribution is -0.148. The molecule has 0 spiro atoms. The quantitative estimate of drug-likeness (QED) is 0.334. The number of thiophene rings is 1. The summed E-state index contributed by atoms with van der Waals surface area (Å²) in [4.78, 5) is 37.7. The molecule has 0 atom stereocenters. The number of nitrogens with one attached hydrogen (secondary N) is 1. The van der Waals surface area contributed by atoms with Gasteiger partial charge >= 0.3 is 5.97 Å². The first-order valence-electron chi connectivity index (χ1n) is 9.11. The van der Waals surface area contributed by atoms with Crippen molar-refractivity contribution in [3.05, 3.63) is 51.9 Å². The fourth-order valence-corrected chi connectivity index (χ4v) is 3.38. The standard InChI is InChI=1S/C21H22N2O5S/c1-5-15(28-20(26)21(2,3)4)17-13-9-8-12(11-14(13)23(27)19(17)25)22-18(24)16-7-6-10-29-16/h6-11,27H,5H2,1-4H3,(H,22,24)/b17-15+. The van der Waals surface area contributed by atoms with Crippen LogP contribution in [0, 0.1) is 5.41 Å². The number of allylic oxidation sites excluding steroid dienone is 1. The number of carbonyl (C=O) groups excluding carboxylic acids is 3. The van der Waals surface area contributed by atoms with Crippen LogP contribution in [0.25, 0.3) is 5.57 Å². The van der Waals surface area contributed by atoms with Crippen molar-refractivity contribution in [2.24, 2.45) is 5.41 Å². The van der Waals surface area contributed by atoms with Crippen molar-refractivity contribution in [3.8, 4) is 0 Å². The van der Waals surface area contributed by atoms with Crippen LogP contribution in [0.3, 0.4) is 0 Å². The van der Waals surface area contributed by atoms with Gasteiger partial charge in [0.05, 0.1) is 21.6 Å². The number of hydroxylamine groups is 1. The smallest absolute Gasteiger partial charge is 0.316 e. The van der Waals surface area contributed by atoms with Crippen molar-refractivity contribution in [2.75, 3.05) is 10.4 Å². The van der Waals surface area contributed by atoms with E-state index in [1.165, 1.54) is 17.4 Å². The molecular weight excluding hydrogens is 392 g/mol. The van der Waals surface area contributed by atoms with Gasteiger partial charge in [-0.3, -0.25) is 19.6 Å². The zero-order valence-corrected chi connectivity index (χ0v) is 17.4. The number of ether oxygens (including phenoxy) is 1. The lowest BCUT2D eigenvalue weighted by atomic mass is 9.97. The topological polar surface area (TPSA) is 95.9 Å². The Hall–Kier alpha value is -2.97. The molecule has 0 bridgehead atoms. The van der Waals surface area contributed by atoms with Crippen molar-refractivity contribution in [1.82, 2.24) is 0 Å². The van der Waals surface area contributed by atoms with Crippen LogP contribution < -0.4 is 10.4 Å². The molecule has 0 saturated carbocycles. The average Bonchev–Trinajstić information content (AvgIpc) is 3.28. The maximum absolute atomic E-state index is 12.7. The third-order valence-corrected chi connectivity index (χ3v) is 5.20. The third kappa shape index (κ3) is 4.08. The summed E-state index contributed by atoms with van der Waals surface area (Å²) < 4.78 is 5.48. The monoisotopic (exact) mass is 414 g/mol. The van der Waals surface area contributed by atoms with Crippen molar-refractivity contribution in [3.63, 3.8) is 0 Å². The zero-order chi connectivity index (χ0) is 21.3. The molecule has 0 aliphatic carbocycles. The van der Waals surface area contributed by atoms with E-state index in [9.17, 15) is 19.6 Å². The van der Waals surface area contributed by atoms with Gasteiger partial charge in [-0.05, 0) is 50.4 Å². The van der Waals surface area contributed by atoms with Gasteiger partial charge in [0, 0.05) is 17.7 Å². The number of fused-ring (bicyclic) bond motifs is 1. The first-order valence-corrected chi connectivity index (χ1v) is 9.99. The summed E-state index contributed by atoms with van der Waals surface area (Å²) in [5, 5.41) is 15.3. The summed E-state index contributed by atoms with van der Waals surface area (Å²) in [5.74, 6) is -1.23. The number of rotatable bonds is 4. The Bertz CT molecular complexity index is 1000. The fourth-order valence-electron chi connectivity index (χ4n) is 2.76. The second-order valence-corrected chi connectivity index (χ2v) is 8.52. The SMILES string of the molecule is CC/C(OC(=O)C(C)(C)C)=C1\C(=O)N(O)c2cc(NC(=O)c3cccs3)ccc21. The van der Waals surface area contributed by atoms with E-state index in [1.54, 1.807) is 57.3 Å². The Morgan fingerprint density at radius 3 is 2.55 bits per heavy atom. The number of nitrogens with zero attached hydrogens (tertiary/aromatic N) is 1. The predicted molar refractivity (Wildman–Crippen MR) is 111 cm³/mol. The average molecular weight is 414 g/mol. The van der Waals surface area contributed by atoms with Crippen LogP contribution in [-0.2, 0) is 14.3 Å². The highest BCUT2D eigenvalue weighted by atomic mass is 32.1. The Labute approximate surface area is 172 Å². The second-order valence-electron chi connectivity index (χ2n) is 7.57. The van der Waals surface area contributed by atoms with Crippen LogP contribution in [0.1, 0.15) is 49.4 Å². The highest BCUT2D eigenvalue weighted by molar-refractivity contribution is 7.12. The van der Waals surface area contributed by atoms with Gasteiger partial charge in [0.15, 0.2) is 0 Å². The highest BCUT2D eigenvalue weighted by Gasteiger charge is 2.36. The van der Waals surface area contributed by atoms with Gasteiger partial charge in [-0.15, -0.1) is 11.3 Å². The highest BCUT2D eigenvalue weighted by Crippen LogP contribution is 2.40. The molecule has 1 aliphatic rings. The Morgan fingerprint density at radius 2 is 1.97 bits per heavy atom. The van der Waals surface area contributed by atoms with E-state index in [0.29, 0.717) is 27.6 Å². The van der Waals surface area contributed by atoms with E-state index < -0.39 is 17.3 Å². The van der Waals surface area contributed by atoms with Crippen molar-refractivity contribution >= 4 is 46.1 Å². The Morgan fingerprint density at radius 1 is 1.24 bits per heavy atom. The van der Waals surface area contributed by atoms with Crippen LogP contribution in [0.2, 0.25) is 0 Å². The van der Waals surface area contributed by atoms with Crippen molar-refractivity contribution in [2.45, 2.75) is 34.1 Å². The van der Waals surface area contributed by atoms with Gasteiger partial charge in [0.2, 0.25) is 0 Å². The third-order valence-electron chi connectivity index (χ3n) is 4.33. The van der Waals surface area contributed by atoms with Gasteiger partial charge in [0.1, 0.15) is 5.76 Å². The first-order chi connectivity index (χ1) is 13.6. The fraction of sp³-hybridized carbons (Fsp3) is 0.286. The van der Waals surface area contributed by atoms with Crippen LogP contribution in [0.5, 0.6) is 0 Å². The molecule has 2 amide bonds. The minimum absolute atomic E-state index is 0.138. The molecule has 8 heteroatoms. The van der Waals surface area contributed by atoms with E-state index in [1.807, 2.05) is 0 Å². The summed E-state index contributed by atoms with van der Waals surface area (Å²) in [6.07, 6.45) is 0.299. The zero-order valence-electron chi connectivity index (χ0n) is 16.6. The number of benzene rings is 1. The maximum Gasteiger partial charge on any atom is 0.316 e. The van der Waals surface area contributed by atoms with Crippen LogP contribution >= 0.6 is 11.3 Å². The molecule has 0 radical (unpaired) electrons. The molecule has 2 aromatic rings. The Kier molecular flexibility index (Phi) is 5.59. The number of hydrogen-bond acceptors (Lipinski definition) is 6. The molecule has 1 aliphatic heterocycles. The lowest BCUT2D eigenvalue weighted by Crippen LogP contribution is -2.25. The molecule has 7 nitrogen and oxygen atoms in total. The van der Waals surface area contributed by atoms with E-state index in [-0.39, 0.29) is 22.9 Å². The molecule has 0 fully saturated rings. The summed E-state index contributed by atoms with van der Waals surface area (Å²) in [5.41, 5.74) is 0.482. The number of anilines is 2. The van der Waals surface area contributed by atoms with E-state index in [0.717, 1.165) is 0 Å². The van der Waals surface area contributed by atoms with E-state index in [4.69, 9.17) is 4.74 Å². The van der Waals surface area contributed by atoms with Crippen molar-refractivity contribution in [1.29, 1.82) is 0 Å². The largest absolute Gasteiger partial charge is 0.430 e. The Balaban J connectivity index is 1.95. The minimum Gasteiger partial charge on any atom is -0.430 e. The van der Waals surface area contributed by atoms with Gasteiger partial charge in [-0.25, -0.2) is 0 Å². The predicted octanol–water partition coefficient (Wildman–Crippen LogP) is 4.45. The molecule has 152 valence electrons. The van der Waals surface area contributed by atoms with Crippen LogP contribution in [0.4, 0.5) is 11.4 Å². The number of carbonyl (C=O) groups is 3. The van der Waals surface area contributed by atoms with Gasteiger partial charge in [-0.2, -0.15) is 5.06 Å². The van der Waals surface area contributed by atoms with E-state index in [2.05, 4.69) is 5.32 Å². The molecule has 1 aromatic heterocycles. The first kappa shape index (κ1) is 20.8. The maximum atomic E-state index is 12.7. The summed E-state index contributed by atoms with van der Waals surface area (Å²) in [6.45, 7) is 6.93. The molecule has 2 N–H and O–H groups in total. The second kappa shape index (κ2) is 7.81. The lowest BCUT2D eigenvalue weighted by Gasteiger charge is -2.18. The molecule has 1 aromatic carbocycles. The summed E-state index contributed by atoms with van der Waals surface area (Å²) >= 11 is 1.31. The summed E-state index contributed by atoms with van der Waals surface area (Å²) in [6, 6.07) is 8.23. The molecule has 0 saturated heterocycles. The molecule has 2 heterocycles. The summed E-state index contributed by atoms with van der Waals surface area (Å²) in [7, 11) is 0. The molecule has 29 heavy (non-hydrogen) atoms. The van der Waals surface area contributed by atoms with Gasteiger partial charge in [-0.1, -0.05) is 13.0 Å². The minimum atomic E-state index is -0.736. The van der Waals surface area contributed by atoms with Gasteiger partial charge < -0.3 is 10.1 Å². The van der Waals surface area contributed by atoms with Crippen molar-refractivity contribution < 1.29 is 24.3 Å². The van der Waals surface area contributed by atoms with E-state index >= 15 is 0 Å². The normalized spacial score (nSPS) is 15.2. The van der Waals surface area contributed by atoms with Crippen LogP contribution in [0.15, 0.2) is 41.5 Å². The van der Waals surface area contributed by atoms with Crippen LogP contribution in [-0.4, -0.2) is 23.0 Å². The number of esters is 1. The molecule has 0 unspecified atom stereocenters. The number of hydrogen-bond donors (Lipinski definition) is 2. The molecule has 3 rings (SSSR count). The number of amides is 2. The van der Waals surface area contributed by atoms with Gasteiger partial charge in [0.25, 0.3) is 11.8 Å².